The molecule has 1 amide bonds. The van der Waals surface area contributed by atoms with Crippen LogP contribution in [-0.2, 0) is 6.18 Å². The minimum absolute atomic E-state index is 0.0687. The van der Waals surface area contributed by atoms with Crippen molar-refractivity contribution in [2.45, 2.75) is 26.1 Å². The van der Waals surface area contributed by atoms with E-state index >= 15 is 0 Å². The molecule has 0 saturated carbocycles. The summed E-state index contributed by atoms with van der Waals surface area (Å²) in [5.41, 5.74) is -0.465. The summed E-state index contributed by atoms with van der Waals surface area (Å²) in [6.45, 7) is 3.87. The normalized spacial score (nSPS) is 11.4. The number of hydrogen-bond donors (Lipinski definition) is 2. The third-order valence-corrected chi connectivity index (χ3v) is 2.79. The smallest absolute Gasteiger partial charge is 0.367 e. The van der Waals surface area contributed by atoms with Gasteiger partial charge >= 0.3 is 6.18 Å². The van der Waals surface area contributed by atoms with E-state index in [1.54, 1.807) is 0 Å². The quantitative estimate of drug-likeness (QED) is 0.902. The molecule has 0 radical (unpaired) electrons. The first kappa shape index (κ1) is 16.7. The number of nitrogens with zero attached hydrogens (tertiary/aromatic N) is 2. The number of halogens is 3. The molecule has 0 bridgehead atoms. The van der Waals surface area contributed by atoms with Gasteiger partial charge in [-0.1, -0.05) is 0 Å². The molecular weight excluding hydrogens is 309 g/mol. The van der Waals surface area contributed by atoms with E-state index in [1.165, 1.54) is 24.5 Å². The SMILES string of the molecule is CC(C)Nc1cnc(C(=O)Nc2ccc(C(F)(F)F)cc2)cn1. The van der Waals surface area contributed by atoms with E-state index in [-0.39, 0.29) is 17.4 Å². The maximum atomic E-state index is 12.5. The predicted octanol–water partition coefficient (Wildman–Crippen LogP) is 3.57. The lowest BCUT2D eigenvalue weighted by molar-refractivity contribution is -0.137. The van der Waals surface area contributed by atoms with Crippen molar-refractivity contribution in [3.8, 4) is 0 Å². The summed E-state index contributed by atoms with van der Waals surface area (Å²) in [6, 6.07) is 4.34. The van der Waals surface area contributed by atoms with Crippen LogP contribution in [0, 0.1) is 0 Å². The Morgan fingerprint density at radius 1 is 1.09 bits per heavy atom. The number of hydrogen-bond acceptors (Lipinski definition) is 4. The second kappa shape index (κ2) is 6.64. The zero-order valence-electron chi connectivity index (χ0n) is 12.5. The highest BCUT2D eigenvalue weighted by Gasteiger charge is 2.30. The van der Waals surface area contributed by atoms with Gasteiger partial charge in [-0.2, -0.15) is 13.2 Å². The van der Waals surface area contributed by atoms with Crippen LogP contribution in [0.1, 0.15) is 29.9 Å². The highest BCUT2D eigenvalue weighted by molar-refractivity contribution is 6.02. The molecule has 5 nitrogen and oxygen atoms in total. The molecule has 0 aliphatic carbocycles. The second-order valence-corrected chi connectivity index (χ2v) is 5.12. The number of anilines is 2. The van der Waals surface area contributed by atoms with Gasteiger partial charge in [-0.15, -0.1) is 0 Å². The van der Waals surface area contributed by atoms with Crippen LogP contribution >= 0.6 is 0 Å². The number of rotatable bonds is 4. The molecule has 0 saturated heterocycles. The minimum atomic E-state index is -4.41. The van der Waals surface area contributed by atoms with E-state index in [4.69, 9.17) is 0 Å². The Balaban J connectivity index is 2.04. The number of carbonyl (C=O) groups is 1. The van der Waals surface area contributed by atoms with Crippen molar-refractivity contribution in [2.24, 2.45) is 0 Å². The molecule has 0 aliphatic rings. The molecule has 2 rings (SSSR count). The Morgan fingerprint density at radius 3 is 2.22 bits per heavy atom. The number of nitrogens with one attached hydrogen (secondary N) is 2. The molecule has 1 aromatic heterocycles. The first-order valence-corrected chi connectivity index (χ1v) is 6.83. The van der Waals surface area contributed by atoms with Crippen LogP contribution in [0.25, 0.3) is 0 Å². The van der Waals surface area contributed by atoms with Crippen molar-refractivity contribution in [2.75, 3.05) is 10.6 Å². The minimum Gasteiger partial charge on any atom is -0.367 e. The third-order valence-electron chi connectivity index (χ3n) is 2.79. The molecule has 0 aliphatic heterocycles. The summed E-state index contributed by atoms with van der Waals surface area (Å²) in [4.78, 5) is 20.0. The van der Waals surface area contributed by atoms with Crippen LogP contribution in [0.5, 0.6) is 0 Å². The lowest BCUT2D eigenvalue weighted by atomic mass is 10.2. The summed E-state index contributed by atoms with van der Waals surface area (Å²) >= 11 is 0. The molecule has 2 aromatic rings. The molecule has 2 N–H and O–H groups in total. The Morgan fingerprint density at radius 2 is 1.74 bits per heavy atom. The van der Waals surface area contributed by atoms with Crippen molar-refractivity contribution in [3.05, 3.63) is 47.9 Å². The maximum absolute atomic E-state index is 12.5. The number of amides is 1. The molecular formula is C15H15F3N4O. The molecule has 0 atom stereocenters. The molecule has 122 valence electrons. The van der Waals surface area contributed by atoms with Gasteiger partial charge in [0.25, 0.3) is 5.91 Å². The zero-order valence-corrected chi connectivity index (χ0v) is 12.5. The fourth-order valence-electron chi connectivity index (χ4n) is 1.75. The fourth-order valence-corrected chi connectivity index (χ4v) is 1.75. The lowest BCUT2D eigenvalue weighted by Gasteiger charge is -2.10. The van der Waals surface area contributed by atoms with Crippen LogP contribution < -0.4 is 10.6 Å². The Labute approximate surface area is 131 Å². The maximum Gasteiger partial charge on any atom is 0.416 e. The van der Waals surface area contributed by atoms with E-state index in [9.17, 15) is 18.0 Å². The van der Waals surface area contributed by atoms with Crippen molar-refractivity contribution in [1.29, 1.82) is 0 Å². The second-order valence-electron chi connectivity index (χ2n) is 5.12. The zero-order chi connectivity index (χ0) is 17.0. The van der Waals surface area contributed by atoms with E-state index in [2.05, 4.69) is 20.6 Å². The molecule has 0 spiro atoms. The van der Waals surface area contributed by atoms with Crippen molar-refractivity contribution >= 4 is 17.4 Å². The summed E-state index contributed by atoms with van der Waals surface area (Å²) in [5.74, 6) is -0.0144. The summed E-state index contributed by atoms with van der Waals surface area (Å²) in [6.07, 6.45) is -1.70. The van der Waals surface area contributed by atoms with Crippen molar-refractivity contribution in [3.63, 3.8) is 0 Å². The first-order chi connectivity index (χ1) is 10.8. The first-order valence-electron chi connectivity index (χ1n) is 6.83. The van der Waals surface area contributed by atoms with Crippen LogP contribution in [0.3, 0.4) is 0 Å². The molecule has 1 aromatic carbocycles. The third kappa shape index (κ3) is 4.67. The van der Waals surface area contributed by atoms with E-state index < -0.39 is 17.6 Å². The standard InChI is InChI=1S/C15H15F3N4O/c1-9(2)21-13-8-19-12(7-20-13)14(23)22-11-5-3-10(4-6-11)15(16,17)18/h3-9H,1-2H3,(H,20,21)(H,22,23). The number of aromatic nitrogens is 2. The Kier molecular flexibility index (Phi) is 4.83. The van der Waals surface area contributed by atoms with E-state index in [0.717, 1.165) is 12.1 Å². The van der Waals surface area contributed by atoms with Crippen molar-refractivity contribution < 1.29 is 18.0 Å². The molecule has 0 fully saturated rings. The molecule has 8 heteroatoms. The van der Waals surface area contributed by atoms with Crippen LogP contribution in [0.15, 0.2) is 36.7 Å². The predicted molar refractivity (Wildman–Crippen MR) is 80.2 cm³/mol. The van der Waals surface area contributed by atoms with E-state index in [0.29, 0.717) is 5.82 Å². The van der Waals surface area contributed by atoms with Gasteiger partial charge in [-0.25, -0.2) is 9.97 Å². The summed E-state index contributed by atoms with van der Waals surface area (Å²) in [7, 11) is 0. The van der Waals surface area contributed by atoms with Gasteiger partial charge in [0.2, 0.25) is 0 Å². The highest BCUT2D eigenvalue weighted by atomic mass is 19.4. The van der Waals surface area contributed by atoms with Crippen LogP contribution in [0.2, 0.25) is 0 Å². The van der Waals surface area contributed by atoms with Gasteiger partial charge in [-0.3, -0.25) is 4.79 Å². The largest absolute Gasteiger partial charge is 0.416 e. The topological polar surface area (TPSA) is 66.9 Å². The Bertz CT molecular complexity index is 667. The molecule has 0 unspecified atom stereocenters. The summed E-state index contributed by atoms with van der Waals surface area (Å²) < 4.78 is 37.4. The van der Waals surface area contributed by atoms with Gasteiger partial charge in [0.1, 0.15) is 11.5 Å². The summed E-state index contributed by atoms with van der Waals surface area (Å²) in [5, 5.41) is 5.50. The molecule has 23 heavy (non-hydrogen) atoms. The van der Waals surface area contributed by atoms with Gasteiger partial charge in [0, 0.05) is 11.7 Å². The number of benzene rings is 1. The van der Waals surface area contributed by atoms with Crippen molar-refractivity contribution in [1.82, 2.24) is 9.97 Å². The fraction of sp³-hybridized carbons (Fsp3) is 0.267. The van der Waals surface area contributed by atoms with Gasteiger partial charge in [-0.05, 0) is 38.1 Å². The van der Waals surface area contributed by atoms with E-state index in [1.807, 2.05) is 13.8 Å². The lowest BCUT2D eigenvalue weighted by Crippen LogP contribution is -2.16. The van der Waals surface area contributed by atoms with Gasteiger partial charge in [0.05, 0.1) is 18.0 Å². The monoisotopic (exact) mass is 324 g/mol. The molecule has 1 heterocycles. The van der Waals surface area contributed by atoms with Crippen LogP contribution in [0.4, 0.5) is 24.7 Å². The van der Waals surface area contributed by atoms with Gasteiger partial charge in [0.15, 0.2) is 0 Å². The van der Waals surface area contributed by atoms with Gasteiger partial charge < -0.3 is 10.6 Å². The highest BCUT2D eigenvalue weighted by Crippen LogP contribution is 2.29. The average molecular weight is 324 g/mol. The number of carbonyl (C=O) groups excluding carboxylic acids is 1. The van der Waals surface area contributed by atoms with Crippen LogP contribution in [-0.4, -0.2) is 21.9 Å². The Hall–Kier alpha value is -2.64. The average Bonchev–Trinajstić information content (AvgIpc) is 2.47. The number of alkyl halides is 3.